The number of nitriles is 1. The maximum absolute atomic E-state index is 9.05. The molecule has 0 radical (unpaired) electrons. The molecule has 20 heavy (non-hydrogen) atoms. The molecule has 3 rings (SSSR count). The molecule has 3 aromatic rings. The van der Waals surface area contributed by atoms with Crippen LogP contribution in [0.15, 0.2) is 47.4 Å². The second-order valence-electron chi connectivity index (χ2n) is 4.29. The lowest BCUT2D eigenvalue weighted by Gasteiger charge is -2.10. The minimum Gasteiger partial charge on any atom is -0.369 e. The fraction of sp³-hybridized carbons (Fsp3) is 0.0667. The third-order valence-corrected chi connectivity index (χ3v) is 3.92. The Kier molecular flexibility index (Phi) is 3.09. The van der Waals surface area contributed by atoms with Gasteiger partial charge in [-0.05, 0) is 36.6 Å². The normalized spacial score (nSPS) is 10.6. The minimum atomic E-state index is 0.427. The molecule has 5 heteroatoms. The molecule has 0 atom stereocenters. The summed E-state index contributed by atoms with van der Waals surface area (Å²) in [7, 11) is 0. The van der Waals surface area contributed by atoms with E-state index in [9.17, 15) is 0 Å². The van der Waals surface area contributed by atoms with Crippen molar-refractivity contribution in [1.29, 1.82) is 5.26 Å². The standard InChI is InChI=1S/C15H12N4S/c1-20-14-5-3-2-4-12(14)19-13-8-10(9-16)6-7-11(13)18-15(19)17/h2-8H,1H3,(H2,17,18). The summed E-state index contributed by atoms with van der Waals surface area (Å²) in [5, 5.41) is 9.05. The summed E-state index contributed by atoms with van der Waals surface area (Å²) >= 11 is 1.65. The lowest BCUT2D eigenvalue weighted by atomic mass is 10.2. The molecule has 0 bridgehead atoms. The number of anilines is 1. The average Bonchev–Trinajstić information content (AvgIpc) is 2.81. The van der Waals surface area contributed by atoms with Gasteiger partial charge in [0.25, 0.3) is 0 Å². The van der Waals surface area contributed by atoms with Crippen molar-refractivity contribution < 1.29 is 0 Å². The van der Waals surface area contributed by atoms with Crippen LogP contribution in [0, 0.1) is 11.3 Å². The molecule has 0 spiro atoms. The van der Waals surface area contributed by atoms with Gasteiger partial charge in [-0.2, -0.15) is 5.26 Å². The van der Waals surface area contributed by atoms with E-state index in [1.54, 1.807) is 17.8 Å². The Hall–Kier alpha value is -2.45. The largest absolute Gasteiger partial charge is 0.369 e. The fourth-order valence-electron chi connectivity index (χ4n) is 2.23. The monoisotopic (exact) mass is 280 g/mol. The van der Waals surface area contributed by atoms with Crippen molar-refractivity contribution in [3.63, 3.8) is 0 Å². The average molecular weight is 280 g/mol. The minimum absolute atomic E-state index is 0.427. The van der Waals surface area contributed by atoms with Gasteiger partial charge in [0.2, 0.25) is 5.95 Å². The highest BCUT2D eigenvalue weighted by atomic mass is 32.2. The first-order valence-corrected chi connectivity index (χ1v) is 7.28. The second-order valence-corrected chi connectivity index (χ2v) is 5.14. The van der Waals surface area contributed by atoms with Gasteiger partial charge in [0.15, 0.2) is 0 Å². The quantitative estimate of drug-likeness (QED) is 0.732. The molecule has 0 saturated carbocycles. The molecular weight excluding hydrogens is 268 g/mol. The van der Waals surface area contributed by atoms with E-state index < -0.39 is 0 Å². The lowest BCUT2D eigenvalue weighted by Crippen LogP contribution is -2.01. The van der Waals surface area contributed by atoms with Crippen LogP contribution in [-0.2, 0) is 0 Å². The van der Waals surface area contributed by atoms with E-state index >= 15 is 0 Å². The zero-order valence-corrected chi connectivity index (χ0v) is 11.7. The SMILES string of the molecule is CSc1ccccc1-n1c(N)nc2ccc(C#N)cc21. The molecule has 0 aliphatic rings. The van der Waals surface area contributed by atoms with E-state index in [4.69, 9.17) is 11.0 Å². The predicted molar refractivity (Wildman–Crippen MR) is 82.0 cm³/mol. The molecule has 0 fully saturated rings. The second kappa shape index (κ2) is 4.91. The summed E-state index contributed by atoms with van der Waals surface area (Å²) in [6, 6.07) is 15.5. The van der Waals surface area contributed by atoms with Crippen molar-refractivity contribution in [1.82, 2.24) is 9.55 Å². The number of imidazole rings is 1. The predicted octanol–water partition coefficient (Wildman–Crippen LogP) is 3.20. The molecule has 0 saturated heterocycles. The first kappa shape index (κ1) is 12.6. The van der Waals surface area contributed by atoms with Crippen LogP contribution in [0.4, 0.5) is 5.95 Å². The van der Waals surface area contributed by atoms with E-state index in [1.807, 2.05) is 47.2 Å². The maximum Gasteiger partial charge on any atom is 0.205 e. The topological polar surface area (TPSA) is 67.6 Å². The summed E-state index contributed by atoms with van der Waals surface area (Å²) in [6.07, 6.45) is 2.02. The van der Waals surface area contributed by atoms with E-state index in [-0.39, 0.29) is 0 Å². The highest BCUT2D eigenvalue weighted by Crippen LogP contribution is 2.30. The van der Waals surface area contributed by atoms with Crippen molar-refractivity contribution in [2.75, 3.05) is 12.0 Å². The van der Waals surface area contributed by atoms with Crippen LogP contribution in [0.3, 0.4) is 0 Å². The van der Waals surface area contributed by atoms with Crippen molar-refractivity contribution in [2.24, 2.45) is 0 Å². The number of benzene rings is 2. The van der Waals surface area contributed by atoms with Crippen LogP contribution in [0.25, 0.3) is 16.7 Å². The first-order valence-electron chi connectivity index (χ1n) is 6.06. The van der Waals surface area contributed by atoms with Crippen LogP contribution in [0.5, 0.6) is 0 Å². The number of nitrogens with zero attached hydrogens (tertiary/aromatic N) is 3. The highest BCUT2D eigenvalue weighted by Gasteiger charge is 2.13. The van der Waals surface area contributed by atoms with Gasteiger partial charge < -0.3 is 5.73 Å². The number of aromatic nitrogens is 2. The first-order chi connectivity index (χ1) is 9.74. The lowest BCUT2D eigenvalue weighted by molar-refractivity contribution is 1.07. The number of nitrogen functional groups attached to an aromatic ring is 1. The Morgan fingerprint density at radius 1 is 1.25 bits per heavy atom. The summed E-state index contributed by atoms with van der Waals surface area (Å²) in [6.45, 7) is 0. The highest BCUT2D eigenvalue weighted by molar-refractivity contribution is 7.98. The van der Waals surface area contributed by atoms with Crippen molar-refractivity contribution in [3.8, 4) is 11.8 Å². The number of hydrogen-bond donors (Lipinski definition) is 1. The molecule has 0 aliphatic carbocycles. The molecule has 98 valence electrons. The smallest absolute Gasteiger partial charge is 0.205 e. The molecule has 0 amide bonds. The summed E-state index contributed by atoms with van der Waals surface area (Å²) in [5.74, 6) is 0.427. The van der Waals surface area contributed by atoms with E-state index in [0.717, 1.165) is 21.6 Å². The molecule has 0 aliphatic heterocycles. The van der Waals surface area contributed by atoms with Gasteiger partial charge >= 0.3 is 0 Å². The summed E-state index contributed by atoms with van der Waals surface area (Å²) in [5.41, 5.74) is 9.28. The Morgan fingerprint density at radius 2 is 2.05 bits per heavy atom. The van der Waals surface area contributed by atoms with E-state index in [2.05, 4.69) is 11.1 Å². The van der Waals surface area contributed by atoms with Gasteiger partial charge in [-0.25, -0.2) is 4.98 Å². The number of thioether (sulfide) groups is 1. The number of fused-ring (bicyclic) bond motifs is 1. The van der Waals surface area contributed by atoms with Crippen LogP contribution in [-0.4, -0.2) is 15.8 Å². The van der Waals surface area contributed by atoms with E-state index in [0.29, 0.717) is 11.5 Å². The summed E-state index contributed by atoms with van der Waals surface area (Å²) in [4.78, 5) is 5.47. The Morgan fingerprint density at radius 3 is 2.80 bits per heavy atom. The van der Waals surface area contributed by atoms with Crippen LogP contribution >= 0.6 is 11.8 Å². The maximum atomic E-state index is 9.05. The van der Waals surface area contributed by atoms with Gasteiger partial charge in [0, 0.05) is 4.90 Å². The Labute approximate surface area is 120 Å². The molecule has 2 aromatic carbocycles. The molecule has 4 nitrogen and oxygen atoms in total. The zero-order chi connectivity index (χ0) is 14.1. The van der Waals surface area contributed by atoms with Crippen molar-refractivity contribution in [3.05, 3.63) is 48.0 Å². The van der Waals surface area contributed by atoms with Crippen molar-refractivity contribution in [2.45, 2.75) is 4.90 Å². The number of hydrogen-bond acceptors (Lipinski definition) is 4. The summed E-state index contributed by atoms with van der Waals surface area (Å²) < 4.78 is 1.89. The Bertz CT molecular complexity index is 829. The molecule has 1 aromatic heterocycles. The van der Waals surface area contributed by atoms with Gasteiger partial charge in [-0.15, -0.1) is 11.8 Å². The van der Waals surface area contributed by atoms with Crippen LogP contribution in [0.1, 0.15) is 5.56 Å². The number of nitrogens with two attached hydrogens (primary N) is 1. The molecular formula is C15H12N4S. The third kappa shape index (κ3) is 1.91. The molecule has 1 heterocycles. The number of para-hydroxylation sites is 1. The van der Waals surface area contributed by atoms with Crippen LogP contribution in [0.2, 0.25) is 0 Å². The van der Waals surface area contributed by atoms with Gasteiger partial charge in [0.1, 0.15) is 0 Å². The molecule has 0 unspecified atom stereocenters. The van der Waals surface area contributed by atoms with Crippen LogP contribution < -0.4 is 5.73 Å². The van der Waals surface area contributed by atoms with Crippen molar-refractivity contribution >= 4 is 28.7 Å². The van der Waals surface area contributed by atoms with Gasteiger partial charge in [0.05, 0.1) is 28.4 Å². The number of rotatable bonds is 2. The fourth-order valence-corrected chi connectivity index (χ4v) is 2.81. The van der Waals surface area contributed by atoms with Gasteiger partial charge in [-0.3, -0.25) is 4.57 Å². The molecule has 2 N–H and O–H groups in total. The third-order valence-electron chi connectivity index (χ3n) is 3.14. The van der Waals surface area contributed by atoms with Gasteiger partial charge in [-0.1, -0.05) is 12.1 Å². The Balaban J connectivity index is 2.35. The van der Waals surface area contributed by atoms with E-state index in [1.165, 1.54) is 0 Å². The zero-order valence-electron chi connectivity index (χ0n) is 10.9.